The first kappa shape index (κ1) is 21.9. The van der Waals surface area contributed by atoms with Gasteiger partial charge in [-0.25, -0.2) is 4.79 Å². The Kier molecular flexibility index (Phi) is 6.30. The van der Waals surface area contributed by atoms with Gasteiger partial charge in [0.15, 0.2) is 0 Å². The lowest BCUT2D eigenvalue weighted by Crippen LogP contribution is -2.16. The molecule has 0 atom stereocenters. The number of rotatable bonds is 6. The SMILES string of the molecule is O=c1oc2cc(OCc3ccccc3Cl)cc(OCc3ccccc3Cl)c2c2c1CCCC2. The molecule has 0 aliphatic heterocycles. The monoisotopic (exact) mass is 480 g/mol. The molecular formula is C27H22Cl2O4. The molecule has 4 nitrogen and oxygen atoms in total. The minimum absolute atomic E-state index is 0.280. The second-order valence-corrected chi connectivity index (χ2v) is 8.92. The van der Waals surface area contributed by atoms with Crippen molar-refractivity contribution >= 4 is 34.2 Å². The summed E-state index contributed by atoms with van der Waals surface area (Å²) >= 11 is 12.6. The zero-order chi connectivity index (χ0) is 22.8. The molecule has 1 aromatic heterocycles. The smallest absolute Gasteiger partial charge is 0.339 e. The van der Waals surface area contributed by atoms with Crippen LogP contribution in [-0.4, -0.2) is 0 Å². The summed E-state index contributed by atoms with van der Waals surface area (Å²) in [5.41, 5.74) is 3.69. The third kappa shape index (κ3) is 4.59. The van der Waals surface area contributed by atoms with Crippen LogP contribution in [-0.2, 0) is 26.1 Å². The van der Waals surface area contributed by atoms with Crippen molar-refractivity contribution in [2.75, 3.05) is 0 Å². The normalized spacial score (nSPS) is 13.0. The van der Waals surface area contributed by atoms with Crippen molar-refractivity contribution in [3.8, 4) is 11.5 Å². The predicted octanol–water partition coefficient (Wildman–Crippen LogP) is 7.14. The highest BCUT2D eigenvalue weighted by atomic mass is 35.5. The second kappa shape index (κ2) is 9.50. The van der Waals surface area contributed by atoms with Crippen LogP contribution in [0.5, 0.6) is 11.5 Å². The number of hydrogen-bond donors (Lipinski definition) is 0. The Morgan fingerprint density at radius 3 is 2.06 bits per heavy atom. The van der Waals surface area contributed by atoms with E-state index in [4.69, 9.17) is 37.1 Å². The van der Waals surface area contributed by atoms with Crippen molar-refractivity contribution < 1.29 is 13.9 Å². The zero-order valence-electron chi connectivity index (χ0n) is 17.9. The Balaban J connectivity index is 1.55. The van der Waals surface area contributed by atoms with Crippen molar-refractivity contribution in [1.82, 2.24) is 0 Å². The van der Waals surface area contributed by atoms with E-state index in [-0.39, 0.29) is 18.8 Å². The Morgan fingerprint density at radius 2 is 1.39 bits per heavy atom. The van der Waals surface area contributed by atoms with Gasteiger partial charge in [0.2, 0.25) is 0 Å². The van der Waals surface area contributed by atoms with Gasteiger partial charge in [0.25, 0.3) is 0 Å². The molecule has 0 saturated heterocycles. The number of ether oxygens (including phenoxy) is 2. The fourth-order valence-corrected chi connectivity index (χ4v) is 4.64. The number of fused-ring (bicyclic) bond motifs is 3. The molecule has 0 bridgehead atoms. The molecule has 0 saturated carbocycles. The summed E-state index contributed by atoms with van der Waals surface area (Å²) in [5.74, 6) is 1.15. The van der Waals surface area contributed by atoms with Gasteiger partial charge in [-0.3, -0.25) is 0 Å². The summed E-state index contributed by atoms with van der Waals surface area (Å²) in [5, 5.41) is 2.11. The molecule has 168 valence electrons. The molecule has 5 rings (SSSR count). The quantitative estimate of drug-likeness (QED) is 0.275. The van der Waals surface area contributed by atoms with E-state index in [1.165, 1.54) is 0 Å². The molecule has 0 radical (unpaired) electrons. The lowest BCUT2D eigenvalue weighted by molar-refractivity contribution is 0.291. The Morgan fingerprint density at radius 1 is 0.788 bits per heavy atom. The molecule has 1 aliphatic rings. The van der Waals surface area contributed by atoms with Crippen LogP contribution < -0.4 is 15.1 Å². The Labute approximate surface area is 201 Å². The fraction of sp³-hybridized carbons (Fsp3) is 0.222. The van der Waals surface area contributed by atoms with Gasteiger partial charge in [-0.15, -0.1) is 0 Å². The average molecular weight is 481 g/mol. The van der Waals surface area contributed by atoms with Crippen molar-refractivity contribution in [3.05, 3.63) is 103 Å². The van der Waals surface area contributed by atoms with Crippen LogP contribution in [0.1, 0.15) is 35.1 Å². The second-order valence-electron chi connectivity index (χ2n) is 8.11. The maximum atomic E-state index is 12.7. The number of halogens is 2. The fourth-order valence-electron chi connectivity index (χ4n) is 4.26. The number of aryl methyl sites for hydroxylation is 1. The molecule has 3 aromatic carbocycles. The van der Waals surface area contributed by atoms with Gasteiger partial charge < -0.3 is 13.9 Å². The van der Waals surface area contributed by atoms with E-state index in [0.29, 0.717) is 27.1 Å². The molecule has 0 fully saturated rings. The van der Waals surface area contributed by atoms with E-state index < -0.39 is 0 Å². The van der Waals surface area contributed by atoms with Crippen LogP contribution in [0.4, 0.5) is 0 Å². The maximum Gasteiger partial charge on any atom is 0.339 e. The standard InChI is InChI=1S/C27H22Cl2O4/c28-22-11-5-1-7-17(22)15-31-19-13-24(32-16-18-8-2-6-12-23(18)29)26-20-9-3-4-10-21(20)27(30)33-25(26)14-19/h1-2,5-8,11-14H,3-4,9-10,15-16H2. The summed E-state index contributed by atoms with van der Waals surface area (Å²) in [6.07, 6.45) is 3.56. The molecule has 4 aromatic rings. The highest BCUT2D eigenvalue weighted by molar-refractivity contribution is 6.31. The topological polar surface area (TPSA) is 48.7 Å². The third-order valence-corrected chi connectivity index (χ3v) is 6.69. The molecule has 0 spiro atoms. The van der Waals surface area contributed by atoms with E-state index in [2.05, 4.69) is 0 Å². The minimum Gasteiger partial charge on any atom is -0.489 e. The summed E-state index contributed by atoms with van der Waals surface area (Å²) in [7, 11) is 0. The van der Waals surface area contributed by atoms with Crippen LogP contribution in [0.15, 0.2) is 69.9 Å². The van der Waals surface area contributed by atoms with Crippen LogP contribution in [0.3, 0.4) is 0 Å². The van der Waals surface area contributed by atoms with Gasteiger partial charge in [-0.1, -0.05) is 59.6 Å². The van der Waals surface area contributed by atoms with Crippen molar-refractivity contribution in [1.29, 1.82) is 0 Å². The number of benzene rings is 3. The Hall–Kier alpha value is -2.95. The lowest BCUT2D eigenvalue weighted by Gasteiger charge is -2.19. The van der Waals surface area contributed by atoms with Crippen molar-refractivity contribution in [2.45, 2.75) is 38.9 Å². The van der Waals surface area contributed by atoms with E-state index in [9.17, 15) is 4.79 Å². The first-order valence-electron chi connectivity index (χ1n) is 10.9. The van der Waals surface area contributed by atoms with Crippen LogP contribution >= 0.6 is 23.2 Å². The third-order valence-electron chi connectivity index (χ3n) is 5.95. The first-order chi connectivity index (χ1) is 16.1. The molecule has 0 unspecified atom stereocenters. The molecule has 1 heterocycles. The molecule has 1 aliphatic carbocycles. The van der Waals surface area contributed by atoms with E-state index in [0.717, 1.165) is 53.3 Å². The van der Waals surface area contributed by atoms with Crippen LogP contribution in [0.2, 0.25) is 10.0 Å². The van der Waals surface area contributed by atoms with Gasteiger partial charge in [0, 0.05) is 38.9 Å². The average Bonchev–Trinajstić information content (AvgIpc) is 2.83. The summed E-state index contributed by atoms with van der Waals surface area (Å²) in [6, 6.07) is 18.7. The first-order valence-corrected chi connectivity index (χ1v) is 11.7. The Bertz CT molecular complexity index is 1380. The molecule has 33 heavy (non-hydrogen) atoms. The number of hydrogen-bond acceptors (Lipinski definition) is 4. The molecule has 0 N–H and O–H groups in total. The highest BCUT2D eigenvalue weighted by Crippen LogP contribution is 2.37. The van der Waals surface area contributed by atoms with Gasteiger partial charge in [-0.2, -0.15) is 0 Å². The summed E-state index contributed by atoms with van der Waals surface area (Å²) < 4.78 is 18.0. The summed E-state index contributed by atoms with van der Waals surface area (Å²) in [6.45, 7) is 0.570. The van der Waals surface area contributed by atoms with Gasteiger partial charge in [-0.05, 0) is 43.4 Å². The van der Waals surface area contributed by atoms with Gasteiger partial charge in [0.1, 0.15) is 30.3 Å². The van der Waals surface area contributed by atoms with Crippen molar-refractivity contribution in [3.63, 3.8) is 0 Å². The van der Waals surface area contributed by atoms with E-state index in [1.54, 1.807) is 6.07 Å². The van der Waals surface area contributed by atoms with E-state index in [1.807, 2.05) is 54.6 Å². The maximum absolute atomic E-state index is 12.7. The highest BCUT2D eigenvalue weighted by Gasteiger charge is 2.22. The largest absolute Gasteiger partial charge is 0.489 e. The van der Waals surface area contributed by atoms with Crippen molar-refractivity contribution in [2.24, 2.45) is 0 Å². The molecular weight excluding hydrogens is 459 g/mol. The lowest BCUT2D eigenvalue weighted by atomic mass is 9.90. The van der Waals surface area contributed by atoms with E-state index >= 15 is 0 Å². The zero-order valence-corrected chi connectivity index (χ0v) is 19.4. The van der Waals surface area contributed by atoms with Crippen LogP contribution in [0, 0.1) is 0 Å². The minimum atomic E-state index is -0.280. The predicted molar refractivity (Wildman–Crippen MR) is 131 cm³/mol. The molecule has 6 heteroatoms. The molecule has 0 amide bonds. The van der Waals surface area contributed by atoms with Crippen LogP contribution in [0.25, 0.3) is 11.0 Å². The van der Waals surface area contributed by atoms with Gasteiger partial charge >= 0.3 is 5.63 Å². The van der Waals surface area contributed by atoms with Gasteiger partial charge in [0.05, 0.1) is 5.39 Å². The summed E-state index contributed by atoms with van der Waals surface area (Å²) in [4.78, 5) is 12.7.